The largest absolute Gasteiger partial charge is 0.392 e. The predicted octanol–water partition coefficient (Wildman–Crippen LogP) is 3.39. The SMILES string of the molecule is Fc1ccc(/[C]=N/OC2CCCCC2)cc1. The molecule has 0 heterocycles. The topological polar surface area (TPSA) is 21.6 Å². The molecule has 0 N–H and O–H groups in total. The second-order valence-corrected chi connectivity index (χ2v) is 4.08. The molecule has 0 aliphatic heterocycles. The van der Waals surface area contributed by atoms with Crippen LogP contribution in [0.25, 0.3) is 0 Å². The highest BCUT2D eigenvalue weighted by atomic mass is 19.1. The van der Waals surface area contributed by atoms with E-state index in [1.165, 1.54) is 31.4 Å². The first kappa shape index (κ1) is 11.1. The van der Waals surface area contributed by atoms with Crippen LogP contribution in [-0.2, 0) is 4.84 Å². The van der Waals surface area contributed by atoms with Crippen molar-refractivity contribution in [3.05, 3.63) is 35.6 Å². The highest BCUT2D eigenvalue weighted by Crippen LogP contribution is 2.20. The first-order chi connectivity index (χ1) is 7.84. The molecule has 2 rings (SSSR count). The molecule has 2 nitrogen and oxygen atoms in total. The van der Waals surface area contributed by atoms with E-state index in [0.717, 1.165) is 18.4 Å². The van der Waals surface area contributed by atoms with E-state index in [0.29, 0.717) is 0 Å². The van der Waals surface area contributed by atoms with Crippen LogP contribution in [0.1, 0.15) is 37.7 Å². The highest BCUT2D eigenvalue weighted by molar-refractivity contribution is 5.78. The lowest BCUT2D eigenvalue weighted by atomic mass is 9.98. The third-order valence-electron chi connectivity index (χ3n) is 2.77. The second-order valence-electron chi connectivity index (χ2n) is 4.08. The minimum absolute atomic E-state index is 0.238. The third-order valence-corrected chi connectivity index (χ3v) is 2.77. The molecule has 1 aliphatic carbocycles. The molecule has 3 heteroatoms. The summed E-state index contributed by atoms with van der Waals surface area (Å²) in [4.78, 5) is 5.34. The van der Waals surface area contributed by atoms with Crippen molar-refractivity contribution in [2.24, 2.45) is 5.16 Å². The summed E-state index contributed by atoms with van der Waals surface area (Å²) in [5.41, 5.74) is 0.734. The average molecular weight is 220 g/mol. The Bertz CT molecular complexity index is 341. The molecule has 0 bridgehead atoms. The molecule has 1 aromatic rings. The van der Waals surface area contributed by atoms with E-state index in [1.807, 2.05) is 0 Å². The van der Waals surface area contributed by atoms with Crippen molar-refractivity contribution in [3.63, 3.8) is 0 Å². The van der Waals surface area contributed by atoms with Gasteiger partial charge in [-0.05, 0) is 49.9 Å². The Labute approximate surface area is 95.1 Å². The molecule has 0 saturated heterocycles. The van der Waals surface area contributed by atoms with Crippen molar-refractivity contribution >= 4 is 6.21 Å². The van der Waals surface area contributed by atoms with Crippen LogP contribution in [0.4, 0.5) is 4.39 Å². The van der Waals surface area contributed by atoms with Gasteiger partial charge in [0.2, 0.25) is 0 Å². The summed E-state index contributed by atoms with van der Waals surface area (Å²) in [6, 6.07) is 6.03. The van der Waals surface area contributed by atoms with E-state index >= 15 is 0 Å². The summed E-state index contributed by atoms with van der Waals surface area (Å²) in [6.45, 7) is 0. The van der Waals surface area contributed by atoms with Crippen molar-refractivity contribution in [2.45, 2.75) is 38.2 Å². The van der Waals surface area contributed by atoms with Crippen molar-refractivity contribution in [2.75, 3.05) is 0 Å². The normalized spacial score (nSPS) is 17.8. The first-order valence-electron chi connectivity index (χ1n) is 5.72. The van der Waals surface area contributed by atoms with Crippen LogP contribution in [0.2, 0.25) is 0 Å². The van der Waals surface area contributed by atoms with E-state index in [1.54, 1.807) is 12.1 Å². The Balaban J connectivity index is 1.82. The zero-order valence-electron chi connectivity index (χ0n) is 9.16. The maximum atomic E-state index is 12.6. The number of benzene rings is 1. The summed E-state index contributed by atoms with van der Waals surface area (Å²) in [5.74, 6) is -0.251. The Morgan fingerprint density at radius 2 is 1.81 bits per heavy atom. The lowest BCUT2D eigenvalue weighted by Crippen LogP contribution is -2.13. The van der Waals surface area contributed by atoms with E-state index in [4.69, 9.17) is 4.84 Å². The van der Waals surface area contributed by atoms with Crippen molar-refractivity contribution in [1.29, 1.82) is 0 Å². The van der Waals surface area contributed by atoms with Gasteiger partial charge in [0, 0.05) is 5.56 Å². The fraction of sp³-hybridized carbons (Fsp3) is 0.462. The lowest BCUT2D eigenvalue weighted by molar-refractivity contribution is 0.0340. The van der Waals surface area contributed by atoms with Gasteiger partial charge in [-0.25, -0.2) is 4.39 Å². The van der Waals surface area contributed by atoms with Crippen LogP contribution in [0.15, 0.2) is 29.4 Å². The maximum absolute atomic E-state index is 12.6. The molecule has 0 unspecified atom stereocenters. The molecule has 1 fully saturated rings. The van der Waals surface area contributed by atoms with E-state index in [-0.39, 0.29) is 11.9 Å². The minimum Gasteiger partial charge on any atom is -0.392 e. The third kappa shape index (κ3) is 3.33. The van der Waals surface area contributed by atoms with Gasteiger partial charge in [-0.15, -0.1) is 0 Å². The molecular weight excluding hydrogens is 205 g/mol. The molecule has 1 aliphatic rings. The standard InChI is InChI=1S/C13H15FNO/c14-12-8-6-11(7-9-12)10-15-16-13-4-2-1-3-5-13/h6-9,13H,1-5H2. The zero-order valence-corrected chi connectivity index (χ0v) is 9.16. The summed E-state index contributed by atoms with van der Waals surface area (Å²) in [7, 11) is 0. The molecular formula is C13H15FNO. The van der Waals surface area contributed by atoms with E-state index < -0.39 is 0 Å². The quantitative estimate of drug-likeness (QED) is 0.565. The summed E-state index contributed by atoms with van der Waals surface area (Å²) in [6.07, 6.45) is 8.88. The van der Waals surface area contributed by atoms with Gasteiger partial charge in [-0.2, -0.15) is 0 Å². The Hall–Kier alpha value is -1.38. The molecule has 0 amide bonds. The monoisotopic (exact) mass is 220 g/mol. The zero-order chi connectivity index (χ0) is 11.2. The number of hydrogen-bond donors (Lipinski definition) is 0. The van der Waals surface area contributed by atoms with Gasteiger partial charge < -0.3 is 4.84 Å². The minimum atomic E-state index is -0.251. The van der Waals surface area contributed by atoms with Gasteiger partial charge in [0.15, 0.2) is 0 Å². The summed E-state index contributed by atoms with van der Waals surface area (Å²) < 4.78 is 12.6. The van der Waals surface area contributed by atoms with Crippen LogP contribution in [0, 0.1) is 5.82 Å². The van der Waals surface area contributed by atoms with Crippen LogP contribution < -0.4 is 0 Å². The van der Waals surface area contributed by atoms with Gasteiger partial charge in [-0.1, -0.05) is 11.6 Å². The molecule has 0 atom stereocenters. The number of hydrogen-bond acceptors (Lipinski definition) is 2. The number of nitrogens with zero attached hydrogens (tertiary/aromatic N) is 1. The lowest BCUT2D eigenvalue weighted by Gasteiger charge is -2.18. The van der Waals surface area contributed by atoms with Gasteiger partial charge in [0.25, 0.3) is 0 Å². The van der Waals surface area contributed by atoms with Crippen molar-refractivity contribution in [3.8, 4) is 0 Å². The Morgan fingerprint density at radius 1 is 1.12 bits per heavy atom. The number of rotatable bonds is 3. The molecule has 1 saturated carbocycles. The first-order valence-corrected chi connectivity index (χ1v) is 5.72. The van der Waals surface area contributed by atoms with Crippen molar-refractivity contribution < 1.29 is 9.23 Å². The fourth-order valence-corrected chi connectivity index (χ4v) is 1.85. The smallest absolute Gasteiger partial charge is 0.139 e. The molecule has 16 heavy (non-hydrogen) atoms. The fourth-order valence-electron chi connectivity index (χ4n) is 1.85. The predicted molar refractivity (Wildman–Crippen MR) is 60.9 cm³/mol. The maximum Gasteiger partial charge on any atom is 0.139 e. The van der Waals surface area contributed by atoms with Crippen LogP contribution in [0.3, 0.4) is 0 Å². The number of halogens is 1. The Kier molecular flexibility index (Phi) is 3.91. The van der Waals surface area contributed by atoms with E-state index in [2.05, 4.69) is 11.4 Å². The average Bonchev–Trinajstić information content (AvgIpc) is 2.33. The van der Waals surface area contributed by atoms with Crippen molar-refractivity contribution in [1.82, 2.24) is 0 Å². The van der Waals surface area contributed by atoms with E-state index in [9.17, 15) is 4.39 Å². The van der Waals surface area contributed by atoms with Gasteiger partial charge >= 0.3 is 0 Å². The van der Waals surface area contributed by atoms with Gasteiger partial charge in [0.1, 0.15) is 18.1 Å². The summed E-state index contributed by atoms with van der Waals surface area (Å²) in [5, 5.41) is 3.82. The van der Waals surface area contributed by atoms with Gasteiger partial charge in [0.05, 0.1) is 0 Å². The van der Waals surface area contributed by atoms with Crippen LogP contribution in [0.5, 0.6) is 0 Å². The molecule has 0 aromatic heterocycles. The van der Waals surface area contributed by atoms with Crippen LogP contribution in [-0.4, -0.2) is 12.3 Å². The highest BCUT2D eigenvalue weighted by Gasteiger charge is 2.13. The molecule has 0 spiro atoms. The van der Waals surface area contributed by atoms with Crippen LogP contribution >= 0.6 is 0 Å². The van der Waals surface area contributed by atoms with Gasteiger partial charge in [-0.3, -0.25) is 0 Å². The second kappa shape index (κ2) is 5.64. The Morgan fingerprint density at radius 3 is 2.50 bits per heavy atom. The molecule has 85 valence electrons. The summed E-state index contributed by atoms with van der Waals surface area (Å²) >= 11 is 0. The molecule has 1 radical (unpaired) electrons. The molecule has 1 aromatic carbocycles.